The molecule has 0 aliphatic rings. The lowest BCUT2D eigenvalue weighted by molar-refractivity contribution is -0.136. The Hall–Kier alpha value is -3.07. The first kappa shape index (κ1) is 18.7. The zero-order valence-corrected chi connectivity index (χ0v) is 15.6. The Morgan fingerprint density at radius 2 is 2.04 bits per heavy atom. The summed E-state index contributed by atoms with van der Waals surface area (Å²) in [6.07, 6.45) is 0. The van der Waals surface area contributed by atoms with E-state index in [4.69, 9.17) is 0 Å². The highest BCUT2D eigenvalue weighted by Crippen LogP contribution is 2.07. The van der Waals surface area contributed by atoms with Crippen LogP contribution in [0.1, 0.15) is 11.8 Å². The first-order chi connectivity index (χ1) is 13.1. The Kier molecular flexibility index (Phi) is 5.92. The van der Waals surface area contributed by atoms with Crippen LogP contribution in [-0.2, 0) is 22.7 Å². The molecular formula is C18H19N5O3S. The van der Waals surface area contributed by atoms with Gasteiger partial charge in [0.05, 0.1) is 18.5 Å². The van der Waals surface area contributed by atoms with Crippen LogP contribution in [0.2, 0.25) is 0 Å². The lowest BCUT2D eigenvalue weighted by Crippen LogP contribution is -2.43. The number of nitrogens with zero attached hydrogens (tertiary/aromatic N) is 4. The van der Waals surface area contributed by atoms with E-state index in [0.29, 0.717) is 24.0 Å². The number of rotatable bonds is 7. The van der Waals surface area contributed by atoms with Crippen LogP contribution in [0.25, 0.3) is 10.9 Å². The van der Waals surface area contributed by atoms with Gasteiger partial charge in [0.25, 0.3) is 5.56 Å². The maximum atomic E-state index is 12.5. The van der Waals surface area contributed by atoms with Crippen molar-refractivity contribution in [1.82, 2.24) is 25.2 Å². The van der Waals surface area contributed by atoms with Gasteiger partial charge in [-0.1, -0.05) is 23.4 Å². The van der Waals surface area contributed by atoms with Gasteiger partial charge in [-0.15, -0.1) is 16.4 Å². The summed E-state index contributed by atoms with van der Waals surface area (Å²) >= 11 is 1.55. The average molecular weight is 385 g/mol. The molecule has 140 valence electrons. The van der Waals surface area contributed by atoms with Crippen molar-refractivity contribution in [2.24, 2.45) is 0 Å². The molecule has 0 fully saturated rings. The number of thiophene rings is 1. The largest absolute Gasteiger partial charge is 0.350 e. The molecular weight excluding hydrogens is 366 g/mol. The maximum absolute atomic E-state index is 12.5. The zero-order valence-electron chi connectivity index (χ0n) is 14.8. The second-order valence-corrected chi connectivity index (χ2v) is 6.87. The summed E-state index contributed by atoms with van der Waals surface area (Å²) in [5.74, 6) is -0.619. The van der Waals surface area contributed by atoms with Crippen molar-refractivity contribution in [2.75, 3.05) is 13.1 Å². The molecule has 8 nitrogen and oxygen atoms in total. The smallest absolute Gasteiger partial charge is 0.278 e. The molecule has 0 spiro atoms. The van der Waals surface area contributed by atoms with E-state index in [9.17, 15) is 14.4 Å². The maximum Gasteiger partial charge on any atom is 0.278 e. The number of aromatic nitrogens is 3. The summed E-state index contributed by atoms with van der Waals surface area (Å²) in [6, 6.07) is 10.7. The SMILES string of the molecule is CCN(CC(=O)NCc1cccs1)C(=O)Cn1nnc2ccccc2c1=O. The molecule has 1 aromatic carbocycles. The van der Waals surface area contributed by atoms with Gasteiger partial charge in [-0.3, -0.25) is 14.4 Å². The second-order valence-electron chi connectivity index (χ2n) is 5.83. The number of hydrogen-bond acceptors (Lipinski definition) is 6. The minimum atomic E-state index is -0.382. The van der Waals surface area contributed by atoms with Gasteiger partial charge in [0.15, 0.2) is 0 Å². The summed E-state index contributed by atoms with van der Waals surface area (Å²) in [5, 5.41) is 12.9. The fraction of sp³-hybridized carbons (Fsp3) is 0.278. The molecule has 0 saturated carbocycles. The lowest BCUT2D eigenvalue weighted by atomic mass is 10.2. The van der Waals surface area contributed by atoms with Gasteiger partial charge >= 0.3 is 0 Å². The Morgan fingerprint density at radius 3 is 2.78 bits per heavy atom. The van der Waals surface area contributed by atoms with E-state index >= 15 is 0 Å². The van der Waals surface area contributed by atoms with E-state index in [1.54, 1.807) is 42.5 Å². The van der Waals surface area contributed by atoms with Gasteiger partial charge in [0.1, 0.15) is 12.1 Å². The fourth-order valence-corrected chi connectivity index (χ4v) is 3.20. The van der Waals surface area contributed by atoms with Crippen LogP contribution in [0.5, 0.6) is 0 Å². The number of likely N-dealkylation sites (N-methyl/N-ethyl adjacent to an activating group) is 1. The predicted molar refractivity (Wildman–Crippen MR) is 102 cm³/mol. The molecule has 0 saturated heterocycles. The third-order valence-electron chi connectivity index (χ3n) is 4.02. The van der Waals surface area contributed by atoms with Crippen molar-refractivity contribution in [2.45, 2.75) is 20.0 Å². The van der Waals surface area contributed by atoms with Gasteiger partial charge in [0.2, 0.25) is 11.8 Å². The molecule has 0 bridgehead atoms. The van der Waals surface area contributed by atoms with E-state index in [-0.39, 0.29) is 30.5 Å². The molecule has 27 heavy (non-hydrogen) atoms. The average Bonchev–Trinajstić information content (AvgIpc) is 3.20. The Labute approximate surface area is 159 Å². The van der Waals surface area contributed by atoms with Crippen molar-refractivity contribution in [3.63, 3.8) is 0 Å². The molecule has 3 rings (SSSR count). The standard InChI is InChI=1S/C18H19N5O3S/c1-2-22(11-16(24)19-10-13-6-5-9-27-13)17(25)12-23-18(26)14-7-3-4-8-15(14)20-21-23/h3-9H,2,10-12H2,1H3,(H,19,24). The highest BCUT2D eigenvalue weighted by Gasteiger charge is 2.18. The molecule has 2 aromatic heterocycles. The van der Waals surface area contributed by atoms with Crippen LogP contribution >= 0.6 is 11.3 Å². The van der Waals surface area contributed by atoms with E-state index in [1.807, 2.05) is 17.5 Å². The van der Waals surface area contributed by atoms with Gasteiger partial charge in [-0.05, 0) is 30.5 Å². The number of carbonyl (C=O) groups is 2. The summed E-state index contributed by atoms with van der Waals surface area (Å²) in [6.45, 7) is 2.22. The van der Waals surface area contributed by atoms with Crippen molar-refractivity contribution < 1.29 is 9.59 Å². The van der Waals surface area contributed by atoms with Crippen molar-refractivity contribution >= 4 is 34.1 Å². The van der Waals surface area contributed by atoms with Crippen molar-refractivity contribution in [3.8, 4) is 0 Å². The normalized spacial score (nSPS) is 10.7. The topological polar surface area (TPSA) is 97.2 Å². The number of amides is 2. The van der Waals surface area contributed by atoms with Crippen molar-refractivity contribution in [3.05, 3.63) is 57.0 Å². The molecule has 2 heterocycles. The van der Waals surface area contributed by atoms with E-state index in [1.165, 1.54) is 4.90 Å². The number of nitrogens with one attached hydrogen (secondary N) is 1. The van der Waals surface area contributed by atoms with E-state index < -0.39 is 0 Å². The lowest BCUT2D eigenvalue weighted by Gasteiger charge is -2.20. The Balaban J connectivity index is 1.64. The minimum absolute atomic E-state index is 0.0729. The van der Waals surface area contributed by atoms with Crippen LogP contribution in [0.4, 0.5) is 0 Å². The summed E-state index contributed by atoms with van der Waals surface area (Å²) in [4.78, 5) is 39.5. The molecule has 0 aliphatic heterocycles. The zero-order chi connectivity index (χ0) is 19.2. The third kappa shape index (κ3) is 4.56. The first-order valence-electron chi connectivity index (χ1n) is 8.48. The van der Waals surface area contributed by atoms with Gasteiger partial charge < -0.3 is 10.2 Å². The van der Waals surface area contributed by atoms with Gasteiger partial charge in [-0.2, -0.15) is 0 Å². The second kappa shape index (κ2) is 8.54. The predicted octanol–water partition coefficient (Wildman–Crippen LogP) is 1.02. The molecule has 0 radical (unpaired) electrons. The van der Waals surface area contributed by atoms with Gasteiger partial charge in [-0.25, -0.2) is 4.68 Å². The monoisotopic (exact) mass is 385 g/mol. The quantitative estimate of drug-likeness (QED) is 0.655. The third-order valence-corrected chi connectivity index (χ3v) is 4.90. The Morgan fingerprint density at radius 1 is 1.22 bits per heavy atom. The molecule has 0 atom stereocenters. The Bertz CT molecular complexity index is 1000. The van der Waals surface area contributed by atoms with Crippen LogP contribution < -0.4 is 10.9 Å². The van der Waals surface area contributed by atoms with Crippen LogP contribution in [0, 0.1) is 0 Å². The number of fused-ring (bicyclic) bond motifs is 1. The van der Waals surface area contributed by atoms with Crippen LogP contribution in [-0.4, -0.2) is 44.8 Å². The molecule has 2 amide bonds. The summed E-state index contributed by atoms with van der Waals surface area (Å²) in [7, 11) is 0. The molecule has 0 aliphatic carbocycles. The highest BCUT2D eigenvalue weighted by atomic mass is 32.1. The minimum Gasteiger partial charge on any atom is -0.350 e. The number of hydrogen-bond donors (Lipinski definition) is 1. The summed E-state index contributed by atoms with van der Waals surface area (Å²) in [5.41, 5.74) is 0.0960. The van der Waals surface area contributed by atoms with Crippen LogP contribution in [0.3, 0.4) is 0 Å². The highest BCUT2D eigenvalue weighted by molar-refractivity contribution is 7.09. The van der Waals surface area contributed by atoms with Crippen molar-refractivity contribution in [1.29, 1.82) is 0 Å². The van der Waals surface area contributed by atoms with Crippen LogP contribution in [0.15, 0.2) is 46.6 Å². The first-order valence-corrected chi connectivity index (χ1v) is 9.36. The molecule has 1 N–H and O–H groups in total. The molecule has 0 unspecified atom stereocenters. The number of carbonyl (C=O) groups excluding carboxylic acids is 2. The fourth-order valence-electron chi connectivity index (χ4n) is 2.56. The molecule has 3 aromatic rings. The number of benzene rings is 1. The molecule has 9 heteroatoms. The van der Waals surface area contributed by atoms with Gasteiger partial charge in [0, 0.05) is 11.4 Å². The van der Waals surface area contributed by atoms with E-state index in [2.05, 4.69) is 15.6 Å². The summed E-state index contributed by atoms with van der Waals surface area (Å²) < 4.78 is 1.02. The van der Waals surface area contributed by atoms with E-state index in [0.717, 1.165) is 9.56 Å².